The number of ether oxygens (including phenoxy) is 11. The molecule has 0 saturated heterocycles. The number of aromatic nitrogens is 1. The van der Waals surface area contributed by atoms with Crippen molar-refractivity contribution in [3.8, 4) is 57.5 Å². The molecule has 14 aromatic carbocycles. The largest absolute Gasteiger partial charge is 0.492 e. The number of benzene rings is 14. The van der Waals surface area contributed by atoms with Crippen LogP contribution in [0.1, 0.15) is 142 Å². The van der Waals surface area contributed by atoms with Crippen molar-refractivity contribution in [2.24, 2.45) is 0 Å². The predicted molar refractivity (Wildman–Crippen MR) is 495 cm³/mol. The minimum Gasteiger partial charge on any atom is -0.492 e. The highest BCUT2D eigenvalue weighted by Gasteiger charge is 2.33. The highest BCUT2D eigenvalue weighted by molar-refractivity contribution is 7.25. The van der Waals surface area contributed by atoms with Gasteiger partial charge in [0.15, 0.2) is 58.1 Å². The SMILES string of the molecule is CC(=O)OC1COc2ccccc2C1=O.CCn1c2ccccc2c2cc3c(cc21)C(=O)CCO3.O=C1CCOc2c1ccc1ccccc21.O=C1CCOc2cc3c(cc21)OCO3.O=C1CCOc2cc3c(cc21)oc1ccccc13.O=C1CCOc2cc3c(cc21)sc1ccccc13.O=C1CCOc2cc3ccccc3cc21.O=C1CCOc2ccc3ccccc3c21. The van der Waals surface area contributed by atoms with Crippen molar-refractivity contribution in [1.29, 1.82) is 0 Å². The maximum absolute atomic E-state index is 12.1. The van der Waals surface area contributed by atoms with Gasteiger partial charge >= 0.3 is 5.97 Å². The number of rotatable bonds is 2. The van der Waals surface area contributed by atoms with Gasteiger partial charge in [0.2, 0.25) is 12.6 Å². The van der Waals surface area contributed by atoms with Crippen LogP contribution in [0.25, 0.3) is 96.2 Å². The van der Waals surface area contributed by atoms with Crippen molar-refractivity contribution in [3.63, 3.8) is 0 Å². The number of aryl methyl sites for hydroxylation is 1. The highest BCUT2D eigenvalue weighted by Crippen LogP contribution is 2.44. The summed E-state index contributed by atoms with van der Waals surface area (Å²) in [7, 11) is 0. The Balaban J connectivity index is 0.0000000965. The maximum atomic E-state index is 12.1. The van der Waals surface area contributed by atoms with E-state index in [1.165, 1.54) is 33.3 Å². The second kappa shape index (κ2) is 36.8. The molecule has 9 aliphatic heterocycles. The zero-order chi connectivity index (χ0) is 89.0. The molecule has 0 bridgehead atoms. The summed E-state index contributed by atoms with van der Waals surface area (Å²) in [6, 6.07) is 82.0. The molecule has 0 aliphatic carbocycles. The van der Waals surface area contributed by atoms with Gasteiger partial charge in [0, 0.05) is 117 Å². The third-order valence-corrected chi connectivity index (χ3v) is 24.7. The smallest absolute Gasteiger partial charge is 0.303 e. The number of thiophene rings is 1. The molecule has 1 atom stereocenters. The summed E-state index contributed by atoms with van der Waals surface area (Å²) >= 11 is 1.73. The zero-order valence-electron chi connectivity index (χ0n) is 70.8. The van der Waals surface area contributed by atoms with E-state index in [1.807, 2.05) is 182 Å². The summed E-state index contributed by atoms with van der Waals surface area (Å²) in [5.41, 5.74) is 9.26. The van der Waals surface area contributed by atoms with Gasteiger partial charge in [-0.15, -0.1) is 11.3 Å². The number of para-hydroxylation sites is 3. The molecule has 1 unspecified atom stereocenters. The summed E-state index contributed by atoms with van der Waals surface area (Å²) in [6.45, 7) is 8.01. The first kappa shape index (κ1) is 84.0. The van der Waals surface area contributed by atoms with Crippen molar-refractivity contribution in [2.45, 2.75) is 71.4 Å². The number of carbonyl (C=O) groups is 9. The van der Waals surface area contributed by atoms with E-state index in [1.54, 1.807) is 53.8 Å². The topological polar surface area (TPSA) is 273 Å². The van der Waals surface area contributed by atoms with Crippen LogP contribution in [0.3, 0.4) is 0 Å². The number of nitrogens with zero attached hydrogens (tertiary/aromatic N) is 1. The fourth-order valence-corrected chi connectivity index (χ4v) is 18.4. The molecule has 3 aromatic heterocycles. The molecule has 0 radical (unpaired) electrons. The van der Waals surface area contributed by atoms with E-state index >= 15 is 0 Å². The summed E-state index contributed by atoms with van der Waals surface area (Å²) < 4.78 is 69.7. The van der Waals surface area contributed by atoms with Crippen LogP contribution in [0.2, 0.25) is 0 Å². The Labute approximate surface area is 747 Å². The van der Waals surface area contributed by atoms with Gasteiger partial charge in [-0.2, -0.15) is 0 Å². The minimum absolute atomic E-state index is 0.0927. The van der Waals surface area contributed by atoms with Gasteiger partial charge in [0.1, 0.15) is 63.8 Å². The first-order valence-corrected chi connectivity index (χ1v) is 43.9. The average molecular weight is 1750 g/mol. The maximum Gasteiger partial charge on any atom is 0.303 e. The lowest BCUT2D eigenvalue weighted by atomic mass is 9.97. The number of furan rings is 1. The Hall–Kier alpha value is -15.5. The van der Waals surface area contributed by atoms with Gasteiger partial charge in [-0.1, -0.05) is 152 Å². The van der Waals surface area contributed by atoms with Crippen LogP contribution in [0, 0.1) is 0 Å². The average Bonchev–Trinajstić information content (AvgIpc) is 1.59. The number of Topliss-reactive ketones (excluding diaryl/α,β-unsaturated/α-hetero) is 8. The van der Waals surface area contributed by atoms with E-state index in [0.29, 0.717) is 137 Å². The van der Waals surface area contributed by atoms with Gasteiger partial charge in [0.05, 0.1) is 96.3 Å². The Kier molecular flexibility index (Phi) is 23.8. The summed E-state index contributed by atoms with van der Waals surface area (Å²) in [5.74, 6) is 7.25. The van der Waals surface area contributed by atoms with E-state index in [4.69, 9.17) is 56.5 Å². The molecule has 0 fully saturated rings. The number of esters is 1. The van der Waals surface area contributed by atoms with E-state index in [0.717, 1.165) is 133 Å². The van der Waals surface area contributed by atoms with Crippen LogP contribution in [-0.4, -0.2) is 123 Å². The molecule has 0 amide bonds. The van der Waals surface area contributed by atoms with Crippen LogP contribution >= 0.6 is 11.3 Å². The second-order valence-electron chi connectivity index (χ2n) is 31.7. The normalized spacial score (nSPS) is 15.5. The van der Waals surface area contributed by atoms with Gasteiger partial charge in [-0.25, -0.2) is 0 Å². The van der Waals surface area contributed by atoms with E-state index < -0.39 is 12.1 Å². The zero-order valence-corrected chi connectivity index (χ0v) is 71.6. The quantitative estimate of drug-likeness (QED) is 0.145. The van der Waals surface area contributed by atoms with Gasteiger partial charge in [-0.05, 0) is 131 Å². The highest BCUT2D eigenvalue weighted by atomic mass is 32.1. The third kappa shape index (κ3) is 17.0. The summed E-state index contributed by atoms with van der Waals surface area (Å²) in [5, 5.41) is 13.3. The molecule has 23 heteroatoms. The van der Waals surface area contributed by atoms with Crippen LogP contribution < -0.4 is 47.4 Å². The van der Waals surface area contributed by atoms with E-state index in [9.17, 15) is 43.2 Å². The van der Waals surface area contributed by atoms with Crippen molar-refractivity contribution < 1.29 is 99.7 Å². The second-order valence-corrected chi connectivity index (χ2v) is 32.7. The molecule has 26 rings (SSSR count). The van der Waals surface area contributed by atoms with Gasteiger partial charge in [-0.3, -0.25) is 43.2 Å². The Bertz CT molecular complexity index is 7320. The summed E-state index contributed by atoms with van der Waals surface area (Å²) in [4.78, 5) is 105. The Morgan fingerprint density at radius 1 is 0.323 bits per heavy atom. The lowest BCUT2D eigenvalue weighted by Crippen LogP contribution is -2.36. The molecule has 9 aliphatic rings. The molecule has 0 N–H and O–H groups in total. The molecular weight excluding hydrogens is 1670 g/mol. The van der Waals surface area contributed by atoms with E-state index in [-0.39, 0.29) is 59.7 Å². The van der Waals surface area contributed by atoms with Gasteiger partial charge < -0.3 is 61.1 Å². The molecule has 22 nitrogen and oxygen atoms in total. The Morgan fingerprint density at radius 2 is 0.800 bits per heavy atom. The lowest BCUT2D eigenvalue weighted by Gasteiger charge is -2.23. The van der Waals surface area contributed by atoms with Crippen molar-refractivity contribution in [2.75, 3.05) is 59.6 Å². The van der Waals surface area contributed by atoms with Crippen molar-refractivity contribution >= 4 is 160 Å². The molecule has 12 heterocycles. The lowest BCUT2D eigenvalue weighted by molar-refractivity contribution is -0.145. The molecule has 0 saturated carbocycles. The number of ketones is 8. The number of hydrogen-bond acceptors (Lipinski definition) is 22. The first-order chi connectivity index (χ1) is 63.5. The predicted octanol–water partition coefficient (Wildman–Crippen LogP) is 22.3. The van der Waals surface area contributed by atoms with Crippen molar-refractivity contribution in [3.05, 3.63) is 299 Å². The monoisotopic (exact) mass is 1750 g/mol. The number of fused-ring (bicyclic) bond motifs is 23. The van der Waals surface area contributed by atoms with E-state index in [2.05, 4.69) is 41.8 Å². The Morgan fingerprint density at radius 3 is 1.47 bits per heavy atom. The first-order valence-electron chi connectivity index (χ1n) is 43.1. The minimum atomic E-state index is -0.808. The molecule has 648 valence electrons. The van der Waals surface area contributed by atoms with Crippen molar-refractivity contribution in [1.82, 2.24) is 4.57 Å². The van der Waals surface area contributed by atoms with Crippen LogP contribution in [0.5, 0.6) is 57.5 Å². The molecule has 17 aromatic rings. The van der Waals surface area contributed by atoms with Crippen LogP contribution in [-0.2, 0) is 16.1 Å². The van der Waals surface area contributed by atoms with Crippen LogP contribution in [0.4, 0.5) is 0 Å². The third-order valence-electron chi connectivity index (χ3n) is 23.6. The number of carbonyl (C=O) groups excluding carboxylic acids is 9. The van der Waals surface area contributed by atoms with Gasteiger partial charge in [0.25, 0.3) is 0 Å². The number of hydrogen-bond donors (Lipinski definition) is 0. The van der Waals surface area contributed by atoms with Crippen LogP contribution in [0.15, 0.2) is 259 Å². The molecule has 0 spiro atoms. The standard InChI is InChI=1S/C17H15NO2.C15H10O3.C15H10O2S.3C13H10O2.C11H10O4.C10H8O4/c1-2-18-14-6-4-3-5-11(14)12-10-17-13(9-15(12)18)16(19)7-8-20-17;16-12-5-6-17-14-7-10-9-3-1-2-4-13(9)18-15(10)8-11(12)14;16-12-5-6-17-13-7-10-9-3-1-2-4-14(9)18-15(10)8-11(12)13;14-12-5-6-15-13-8-10-4-2-1-3-9(10)7-11(12)13;14-11-7-8-15-12-6-5-9-3-1-2-4-10(9)13(11)12;14-12-7-8-15-13-10-4-2-1-3-9(10)5-6-11(12)13;1-7(12)15-10-6-14-9-5-3-2-4-8(9)11(10)13;11-7-1-2-12-8-4-10-9(3-6(7)8)13-5-14-10/h3-6,9-10H,2,7-8H2,1H3;2*1-4,7-8H,5-6H2;1-4,7-8H,5-6H2;2*1-6H,7-8H2;2-5,10H,6H2,1H3;3-4H,1-2,5H2. The fourth-order valence-electron chi connectivity index (χ4n) is 17.2. The molecular formula is C107H83NO21S. The molecule has 130 heavy (non-hydrogen) atoms. The summed E-state index contributed by atoms with van der Waals surface area (Å²) in [6.07, 6.45) is 2.51. The fraction of sp³-hybridized carbons (Fsp3) is 0.187.